The quantitative estimate of drug-likeness (QED) is 0.861. The highest BCUT2D eigenvalue weighted by molar-refractivity contribution is 7.91. The van der Waals surface area contributed by atoms with Crippen LogP contribution in [0.25, 0.3) is 0 Å². The van der Waals surface area contributed by atoms with E-state index < -0.39 is 9.84 Å². The monoisotopic (exact) mass is 360 g/mol. The van der Waals surface area contributed by atoms with Crippen molar-refractivity contribution in [2.24, 2.45) is 0 Å². The zero-order chi connectivity index (χ0) is 18.0. The number of hydrogen-bond acceptors (Lipinski definition) is 6. The third-order valence-corrected chi connectivity index (χ3v) is 5.89. The second-order valence-corrected chi connectivity index (χ2v) is 8.54. The van der Waals surface area contributed by atoms with E-state index in [2.05, 4.69) is 20.6 Å². The summed E-state index contributed by atoms with van der Waals surface area (Å²) in [4.78, 5) is 20.5. The molecular formula is C17H20N4O3S. The maximum atomic E-state index is 12.2. The largest absolute Gasteiger partial charge is 0.348 e. The van der Waals surface area contributed by atoms with Crippen molar-refractivity contribution in [2.45, 2.75) is 26.3 Å². The van der Waals surface area contributed by atoms with Gasteiger partial charge in [0.1, 0.15) is 0 Å². The van der Waals surface area contributed by atoms with Crippen LogP contribution in [-0.4, -0.2) is 41.8 Å². The second kappa shape index (κ2) is 6.79. The van der Waals surface area contributed by atoms with Crippen LogP contribution in [0.15, 0.2) is 30.6 Å². The molecule has 7 nitrogen and oxygen atoms in total. The molecule has 1 amide bonds. The molecule has 1 saturated heterocycles. The van der Waals surface area contributed by atoms with E-state index in [1.165, 1.54) is 12.4 Å². The first-order valence-electron chi connectivity index (χ1n) is 8.00. The SMILES string of the molecule is Cc1ccc(C)c(Nc2ncc(C(=O)NC3CCS(=O)(=O)C3)cn2)c1. The van der Waals surface area contributed by atoms with Crippen molar-refractivity contribution < 1.29 is 13.2 Å². The molecule has 1 fully saturated rings. The molecule has 2 aromatic rings. The van der Waals surface area contributed by atoms with Crippen LogP contribution in [0.2, 0.25) is 0 Å². The maximum absolute atomic E-state index is 12.2. The molecule has 8 heteroatoms. The van der Waals surface area contributed by atoms with E-state index in [4.69, 9.17) is 0 Å². The lowest BCUT2D eigenvalue weighted by Crippen LogP contribution is -2.35. The fourth-order valence-corrected chi connectivity index (χ4v) is 4.35. The maximum Gasteiger partial charge on any atom is 0.254 e. The Morgan fingerprint density at radius 3 is 2.56 bits per heavy atom. The Morgan fingerprint density at radius 2 is 1.92 bits per heavy atom. The lowest BCUT2D eigenvalue weighted by molar-refractivity contribution is 0.0940. The number of amides is 1. The smallest absolute Gasteiger partial charge is 0.254 e. The van der Waals surface area contributed by atoms with Crippen LogP contribution in [0.4, 0.5) is 11.6 Å². The summed E-state index contributed by atoms with van der Waals surface area (Å²) in [6, 6.07) is 5.69. The first kappa shape index (κ1) is 17.3. The van der Waals surface area contributed by atoms with Gasteiger partial charge in [0.05, 0.1) is 17.1 Å². The summed E-state index contributed by atoms with van der Waals surface area (Å²) in [7, 11) is -3.03. The van der Waals surface area contributed by atoms with Crippen molar-refractivity contribution in [1.82, 2.24) is 15.3 Å². The number of carbonyl (C=O) groups excluding carboxylic acids is 1. The van der Waals surface area contributed by atoms with Crippen molar-refractivity contribution in [3.8, 4) is 0 Å². The number of sulfone groups is 1. The molecule has 1 aromatic carbocycles. The number of aromatic nitrogens is 2. The van der Waals surface area contributed by atoms with Crippen LogP contribution >= 0.6 is 0 Å². The van der Waals surface area contributed by atoms with E-state index in [1.807, 2.05) is 32.0 Å². The third kappa shape index (κ3) is 4.33. The Bertz CT molecular complexity index is 895. The Hall–Kier alpha value is -2.48. The number of nitrogens with one attached hydrogen (secondary N) is 2. The molecule has 3 rings (SSSR count). The molecular weight excluding hydrogens is 340 g/mol. The van der Waals surface area contributed by atoms with Gasteiger partial charge in [-0.3, -0.25) is 4.79 Å². The Morgan fingerprint density at radius 1 is 1.20 bits per heavy atom. The minimum absolute atomic E-state index is 0.00806. The van der Waals surface area contributed by atoms with Gasteiger partial charge in [-0.1, -0.05) is 12.1 Å². The summed E-state index contributed by atoms with van der Waals surface area (Å²) in [6.45, 7) is 3.99. The van der Waals surface area contributed by atoms with Crippen molar-refractivity contribution in [3.05, 3.63) is 47.3 Å². The summed E-state index contributed by atoms with van der Waals surface area (Å²) >= 11 is 0. The van der Waals surface area contributed by atoms with Gasteiger partial charge in [-0.05, 0) is 37.5 Å². The Balaban J connectivity index is 1.65. The van der Waals surface area contributed by atoms with E-state index in [0.717, 1.165) is 16.8 Å². The first-order valence-corrected chi connectivity index (χ1v) is 9.82. The number of carbonyl (C=O) groups is 1. The van der Waals surface area contributed by atoms with E-state index >= 15 is 0 Å². The van der Waals surface area contributed by atoms with Crippen molar-refractivity contribution in [1.29, 1.82) is 0 Å². The van der Waals surface area contributed by atoms with Gasteiger partial charge < -0.3 is 10.6 Å². The highest BCUT2D eigenvalue weighted by Gasteiger charge is 2.29. The molecule has 25 heavy (non-hydrogen) atoms. The summed E-state index contributed by atoms with van der Waals surface area (Å²) in [5.74, 6) is 0.146. The topological polar surface area (TPSA) is 101 Å². The fourth-order valence-electron chi connectivity index (χ4n) is 2.68. The molecule has 0 spiro atoms. The van der Waals surface area contributed by atoms with Crippen LogP contribution < -0.4 is 10.6 Å². The average molecular weight is 360 g/mol. The van der Waals surface area contributed by atoms with Crippen LogP contribution in [-0.2, 0) is 9.84 Å². The summed E-state index contributed by atoms with van der Waals surface area (Å²) < 4.78 is 22.9. The van der Waals surface area contributed by atoms with E-state index in [-0.39, 0.29) is 23.5 Å². The lowest BCUT2D eigenvalue weighted by atomic mass is 10.1. The van der Waals surface area contributed by atoms with Gasteiger partial charge in [0.2, 0.25) is 5.95 Å². The van der Waals surface area contributed by atoms with Gasteiger partial charge in [0.15, 0.2) is 9.84 Å². The average Bonchev–Trinajstić information content (AvgIpc) is 2.90. The normalized spacial score (nSPS) is 18.7. The predicted octanol–water partition coefficient (Wildman–Crippen LogP) is 1.75. The summed E-state index contributed by atoms with van der Waals surface area (Å²) in [6.07, 6.45) is 3.31. The molecule has 0 saturated carbocycles. The molecule has 1 aromatic heterocycles. The van der Waals surface area contributed by atoms with Crippen molar-refractivity contribution in [2.75, 3.05) is 16.8 Å². The van der Waals surface area contributed by atoms with Gasteiger partial charge in [0, 0.05) is 24.1 Å². The molecule has 2 heterocycles. The fraction of sp³-hybridized carbons (Fsp3) is 0.353. The van der Waals surface area contributed by atoms with Crippen molar-refractivity contribution >= 4 is 27.4 Å². The highest BCUT2D eigenvalue weighted by atomic mass is 32.2. The number of hydrogen-bond donors (Lipinski definition) is 2. The molecule has 0 radical (unpaired) electrons. The standard InChI is InChI=1S/C17H20N4O3S/c1-11-3-4-12(2)15(7-11)21-17-18-8-13(9-19-17)16(22)20-14-5-6-25(23,24)10-14/h3-4,7-9,14H,5-6,10H2,1-2H3,(H,20,22)(H,18,19,21). The number of nitrogens with zero attached hydrogens (tertiary/aromatic N) is 2. The molecule has 0 bridgehead atoms. The van der Waals surface area contributed by atoms with Crippen LogP contribution in [0, 0.1) is 13.8 Å². The minimum Gasteiger partial charge on any atom is -0.348 e. The van der Waals surface area contributed by atoms with E-state index in [9.17, 15) is 13.2 Å². The first-order chi connectivity index (χ1) is 11.8. The Labute approximate surface area is 146 Å². The van der Waals surface area contributed by atoms with Gasteiger partial charge >= 0.3 is 0 Å². The predicted molar refractivity (Wildman–Crippen MR) is 95.8 cm³/mol. The molecule has 1 aliphatic rings. The molecule has 132 valence electrons. The van der Waals surface area contributed by atoms with Crippen LogP contribution in [0.3, 0.4) is 0 Å². The molecule has 1 aliphatic heterocycles. The summed E-state index contributed by atoms with van der Waals surface area (Å²) in [5.41, 5.74) is 3.40. The van der Waals surface area contributed by atoms with Gasteiger partial charge in [-0.25, -0.2) is 18.4 Å². The Kier molecular flexibility index (Phi) is 4.71. The van der Waals surface area contributed by atoms with Gasteiger partial charge in [-0.2, -0.15) is 0 Å². The number of benzene rings is 1. The van der Waals surface area contributed by atoms with Crippen molar-refractivity contribution in [3.63, 3.8) is 0 Å². The van der Waals surface area contributed by atoms with Gasteiger partial charge in [0.25, 0.3) is 5.91 Å². The number of anilines is 2. The third-order valence-electron chi connectivity index (χ3n) is 4.12. The molecule has 0 aliphatic carbocycles. The highest BCUT2D eigenvalue weighted by Crippen LogP contribution is 2.19. The lowest BCUT2D eigenvalue weighted by Gasteiger charge is -2.11. The minimum atomic E-state index is -3.03. The second-order valence-electron chi connectivity index (χ2n) is 6.31. The van der Waals surface area contributed by atoms with Crippen LogP contribution in [0.1, 0.15) is 27.9 Å². The molecule has 1 unspecified atom stereocenters. The van der Waals surface area contributed by atoms with E-state index in [0.29, 0.717) is 17.9 Å². The molecule has 1 atom stereocenters. The molecule has 2 N–H and O–H groups in total. The summed E-state index contributed by atoms with van der Waals surface area (Å²) in [5, 5.41) is 5.85. The zero-order valence-corrected chi connectivity index (χ0v) is 14.9. The van der Waals surface area contributed by atoms with E-state index in [1.54, 1.807) is 0 Å². The van der Waals surface area contributed by atoms with Crippen LogP contribution in [0.5, 0.6) is 0 Å². The van der Waals surface area contributed by atoms with Gasteiger partial charge in [-0.15, -0.1) is 0 Å². The zero-order valence-electron chi connectivity index (χ0n) is 14.1. The number of rotatable bonds is 4. The number of aryl methyl sites for hydroxylation is 2.